The number of thioether (sulfide) groups is 1. The molecule has 0 unspecified atom stereocenters. The number of para-hydroxylation sites is 1. The van der Waals surface area contributed by atoms with Gasteiger partial charge in [-0.3, -0.25) is 4.79 Å². The number of carbonyl (C=O) groups is 1. The fourth-order valence-electron chi connectivity index (χ4n) is 1.83. The van der Waals surface area contributed by atoms with Crippen LogP contribution in [-0.2, 0) is 0 Å². The third kappa shape index (κ3) is 2.41. The Hall–Kier alpha value is -1.74. The quantitative estimate of drug-likeness (QED) is 0.674. The highest BCUT2D eigenvalue weighted by Crippen LogP contribution is 2.24. The number of hydrogen-bond acceptors (Lipinski definition) is 3. The average molecular weight is 258 g/mol. The van der Waals surface area contributed by atoms with Crippen LogP contribution in [0.1, 0.15) is 21.5 Å². The summed E-state index contributed by atoms with van der Waals surface area (Å²) < 4.78 is 0. The molecule has 0 spiro atoms. The first-order valence-corrected chi connectivity index (χ1v) is 6.83. The van der Waals surface area contributed by atoms with Crippen LogP contribution in [0.4, 0.5) is 0 Å². The fraction of sp³-hybridized carbons (Fsp3) is 0.133. The molecule has 2 nitrogen and oxygen atoms in total. The van der Waals surface area contributed by atoms with Crippen molar-refractivity contribution in [2.75, 3.05) is 6.26 Å². The summed E-state index contributed by atoms with van der Waals surface area (Å²) in [6.07, 6.45) is 2.00. The van der Waals surface area contributed by atoms with Gasteiger partial charge in [-0.05, 0) is 49.1 Å². The lowest BCUT2D eigenvalue weighted by atomic mass is 9.98. The van der Waals surface area contributed by atoms with E-state index < -0.39 is 0 Å². The molecule has 0 aromatic heterocycles. The van der Waals surface area contributed by atoms with Crippen LogP contribution >= 0.6 is 11.8 Å². The van der Waals surface area contributed by atoms with Crippen molar-refractivity contribution in [2.45, 2.75) is 11.8 Å². The molecule has 0 atom stereocenters. The first kappa shape index (κ1) is 12.7. The summed E-state index contributed by atoms with van der Waals surface area (Å²) in [6.45, 7) is 1.91. The van der Waals surface area contributed by atoms with Gasteiger partial charge in [-0.2, -0.15) is 0 Å². The van der Waals surface area contributed by atoms with Crippen LogP contribution in [0.5, 0.6) is 5.75 Å². The Labute approximate surface area is 111 Å². The number of aromatic hydroxyl groups is 1. The van der Waals surface area contributed by atoms with E-state index in [1.807, 2.05) is 31.4 Å². The second-order valence-electron chi connectivity index (χ2n) is 4.03. The van der Waals surface area contributed by atoms with Crippen molar-refractivity contribution in [2.24, 2.45) is 0 Å². The smallest absolute Gasteiger partial charge is 0.197 e. The van der Waals surface area contributed by atoms with Crippen molar-refractivity contribution in [3.63, 3.8) is 0 Å². The van der Waals surface area contributed by atoms with Crippen molar-refractivity contribution in [1.82, 2.24) is 0 Å². The highest BCUT2D eigenvalue weighted by atomic mass is 32.2. The minimum absolute atomic E-state index is 0.0239. The molecule has 0 saturated carbocycles. The molecule has 18 heavy (non-hydrogen) atoms. The van der Waals surface area contributed by atoms with Crippen LogP contribution in [0, 0.1) is 6.92 Å². The van der Waals surface area contributed by atoms with E-state index in [9.17, 15) is 9.90 Å². The van der Waals surface area contributed by atoms with Crippen molar-refractivity contribution in [3.05, 3.63) is 59.2 Å². The molecule has 3 heteroatoms. The Morgan fingerprint density at radius 1 is 1.11 bits per heavy atom. The Kier molecular flexibility index (Phi) is 3.72. The van der Waals surface area contributed by atoms with Gasteiger partial charge in [0.1, 0.15) is 5.75 Å². The summed E-state index contributed by atoms with van der Waals surface area (Å²) in [6, 6.07) is 12.3. The van der Waals surface area contributed by atoms with Gasteiger partial charge in [-0.25, -0.2) is 0 Å². The fourth-order valence-corrected chi connectivity index (χ4v) is 2.33. The molecule has 2 aromatic rings. The molecule has 0 saturated heterocycles. The average Bonchev–Trinajstić information content (AvgIpc) is 2.38. The third-order valence-corrected chi connectivity index (χ3v) is 3.55. The predicted molar refractivity (Wildman–Crippen MR) is 74.5 cm³/mol. The number of ketones is 1. The number of phenolic OH excluding ortho intramolecular Hbond substituents is 1. The van der Waals surface area contributed by atoms with E-state index in [1.54, 1.807) is 30.0 Å². The Morgan fingerprint density at radius 3 is 2.44 bits per heavy atom. The molecule has 0 bridgehead atoms. The highest BCUT2D eigenvalue weighted by Gasteiger charge is 2.15. The molecule has 92 valence electrons. The summed E-state index contributed by atoms with van der Waals surface area (Å²) in [7, 11) is 0. The van der Waals surface area contributed by atoms with Crippen LogP contribution in [-0.4, -0.2) is 17.1 Å². The number of benzene rings is 2. The molecule has 2 rings (SSSR count). The van der Waals surface area contributed by atoms with Crippen molar-refractivity contribution in [1.29, 1.82) is 0 Å². The van der Waals surface area contributed by atoms with Gasteiger partial charge in [0, 0.05) is 10.5 Å². The zero-order valence-corrected chi connectivity index (χ0v) is 11.1. The second-order valence-corrected chi connectivity index (χ2v) is 4.91. The standard InChI is InChI=1S/C15H14O2S/c1-10-9-11(18-2)7-8-12(10)15(17)13-5-3-4-6-14(13)16/h3-9,16H,1-2H3. The van der Waals surface area contributed by atoms with Gasteiger partial charge >= 0.3 is 0 Å². The summed E-state index contributed by atoms with van der Waals surface area (Å²) in [5.41, 5.74) is 1.90. The van der Waals surface area contributed by atoms with E-state index in [0.717, 1.165) is 10.5 Å². The van der Waals surface area contributed by atoms with Gasteiger partial charge in [0.15, 0.2) is 5.78 Å². The minimum Gasteiger partial charge on any atom is -0.507 e. The van der Waals surface area contributed by atoms with Crippen LogP contribution in [0.3, 0.4) is 0 Å². The molecular formula is C15H14O2S. The van der Waals surface area contributed by atoms with Crippen LogP contribution in [0.15, 0.2) is 47.4 Å². The predicted octanol–water partition coefficient (Wildman–Crippen LogP) is 3.65. The Balaban J connectivity index is 2.44. The maximum Gasteiger partial charge on any atom is 0.197 e. The summed E-state index contributed by atoms with van der Waals surface area (Å²) in [5, 5.41) is 9.71. The minimum atomic E-state index is -0.141. The van der Waals surface area contributed by atoms with Gasteiger partial charge in [0.05, 0.1) is 5.56 Å². The van der Waals surface area contributed by atoms with Gasteiger partial charge in [-0.1, -0.05) is 12.1 Å². The molecule has 2 aromatic carbocycles. The monoisotopic (exact) mass is 258 g/mol. The third-order valence-electron chi connectivity index (χ3n) is 2.83. The molecule has 0 radical (unpaired) electrons. The van der Waals surface area contributed by atoms with E-state index in [1.165, 1.54) is 6.07 Å². The van der Waals surface area contributed by atoms with Crippen LogP contribution < -0.4 is 0 Å². The molecule has 0 aliphatic carbocycles. The molecule has 0 fully saturated rings. The number of rotatable bonds is 3. The first-order valence-electron chi connectivity index (χ1n) is 5.61. The lowest BCUT2D eigenvalue weighted by molar-refractivity contribution is 0.103. The second kappa shape index (κ2) is 5.27. The maximum absolute atomic E-state index is 12.3. The Morgan fingerprint density at radius 2 is 1.83 bits per heavy atom. The highest BCUT2D eigenvalue weighted by molar-refractivity contribution is 7.98. The van der Waals surface area contributed by atoms with Gasteiger partial charge in [-0.15, -0.1) is 11.8 Å². The molecule has 0 amide bonds. The zero-order valence-electron chi connectivity index (χ0n) is 10.3. The number of hydrogen-bond donors (Lipinski definition) is 1. The lowest BCUT2D eigenvalue weighted by Gasteiger charge is -2.08. The topological polar surface area (TPSA) is 37.3 Å². The van der Waals surface area contributed by atoms with Gasteiger partial charge in [0.2, 0.25) is 0 Å². The molecular weight excluding hydrogens is 244 g/mol. The Bertz CT molecular complexity index is 591. The SMILES string of the molecule is CSc1ccc(C(=O)c2ccccc2O)c(C)c1. The van der Waals surface area contributed by atoms with Crippen LogP contribution in [0.2, 0.25) is 0 Å². The molecule has 0 aliphatic rings. The van der Waals surface area contributed by atoms with E-state index in [2.05, 4.69) is 0 Å². The largest absolute Gasteiger partial charge is 0.507 e. The maximum atomic E-state index is 12.3. The van der Waals surface area contributed by atoms with Crippen LogP contribution in [0.25, 0.3) is 0 Å². The first-order chi connectivity index (χ1) is 8.63. The number of carbonyl (C=O) groups excluding carboxylic acids is 1. The normalized spacial score (nSPS) is 10.3. The summed E-state index contributed by atoms with van der Waals surface area (Å²) >= 11 is 1.64. The van der Waals surface area contributed by atoms with Crippen molar-refractivity contribution in [3.8, 4) is 5.75 Å². The van der Waals surface area contributed by atoms with Crippen molar-refractivity contribution < 1.29 is 9.90 Å². The van der Waals surface area contributed by atoms with E-state index in [4.69, 9.17) is 0 Å². The van der Waals surface area contributed by atoms with Gasteiger partial charge in [0.25, 0.3) is 0 Å². The number of phenols is 1. The summed E-state index contributed by atoms with van der Waals surface area (Å²) in [5.74, 6) is -0.117. The summed E-state index contributed by atoms with van der Waals surface area (Å²) in [4.78, 5) is 13.4. The number of aryl methyl sites for hydroxylation is 1. The lowest BCUT2D eigenvalue weighted by Crippen LogP contribution is -2.04. The molecule has 0 aliphatic heterocycles. The van der Waals surface area contributed by atoms with Crippen molar-refractivity contribution >= 4 is 17.5 Å². The molecule has 1 N–H and O–H groups in total. The zero-order chi connectivity index (χ0) is 13.1. The van der Waals surface area contributed by atoms with E-state index >= 15 is 0 Å². The van der Waals surface area contributed by atoms with Gasteiger partial charge < -0.3 is 5.11 Å². The molecule has 0 heterocycles. The van der Waals surface area contributed by atoms with E-state index in [-0.39, 0.29) is 11.5 Å². The van der Waals surface area contributed by atoms with E-state index in [0.29, 0.717) is 11.1 Å².